The summed E-state index contributed by atoms with van der Waals surface area (Å²) in [6.45, 7) is 5.66. The molecule has 1 atom stereocenters. The van der Waals surface area contributed by atoms with Gasteiger partial charge in [0, 0.05) is 4.88 Å². The van der Waals surface area contributed by atoms with Gasteiger partial charge in [0.05, 0.1) is 24.3 Å². The molecule has 0 unspecified atom stereocenters. The van der Waals surface area contributed by atoms with Crippen molar-refractivity contribution in [2.24, 2.45) is 5.10 Å². The minimum Gasteiger partial charge on any atom is -0.494 e. The molecule has 0 fully saturated rings. The summed E-state index contributed by atoms with van der Waals surface area (Å²) in [6.07, 6.45) is 1.06. The predicted octanol–water partition coefficient (Wildman–Crippen LogP) is 2.84. The molecule has 0 saturated carbocycles. The van der Waals surface area contributed by atoms with Crippen molar-refractivity contribution in [3.8, 4) is 5.75 Å². The second-order valence-electron chi connectivity index (χ2n) is 5.81. The first-order chi connectivity index (χ1) is 12.7. The van der Waals surface area contributed by atoms with Gasteiger partial charge in [-0.2, -0.15) is 5.10 Å². The Labute approximate surface area is 163 Å². The lowest BCUT2D eigenvalue weighted by Gasteiger charge is -2.27. The normalized spacial score (nSPS) is 13.1. The molecule has 7 nitrogen and oxygen atoms in total. The molecular weight excluding hydrogens is 386 g/mol. The van der Waals surface area contributed by atoms with Crippen molar-refractivity contribution in [3.63, 3.8) is 0 Å². The van der Waals surface area contributed by atoms with Crippen LogP contribution in [-0.4, -0.2) is 38.9 Å². The number of sulfonamides is 1. The fourth-order valence-corrected chi connectivity index (χ4v) is 4.29. The molecule has 1 heterocycles. The summed E-state index contributed by atoms with van der Waals surface area (Å²) in [5.41, 5.74) is 3.48. The fourth-order valence-electron chi connectivity index (χ4n) is 2.44. The Morgan fingerprint density at radius 3 is 2.48 bits per heavy atom. The summed E-state index contributed by atoms with van der Waals surface area (Å²) in [4.78, 5) is 13.4. The van der Waals surface area contributed by atoms with Gasteiger partial charge in [0.15, 0.2) is 0 Å². The van der Waals surface area contributed by atoms with Gasteiger partial charge in [0.1, 0.15) is 11.8 Å². The molecule has 0 spiro atoms. The van der Waals surface area contributed by atoms with Crippen LogP contribution in [0, 0.1) is 0 Å². The monoisotopic (exact) mass is 409 g/mol. The van der Waals surface area contributed by atoms with E-state index in [1.165, 1.54) is 18.3 Å². The maximum absolute atomic E-state index is 12.5. The summed E-state index contributed by atoms with van der Waals surface area (Å²) in [7, 11) is -3.68. The van der Waals surface area contributed by atoms with Crippen LogP contribution in [0.2, 0.25) is 0 Å². The number of amides is 1. The Balaban J connectivity index is 2.20. The highest BCUT2D eigenvalue weighted by Gasteiger charge is 2.29. The third kappa shape index (κ3) is 5.54. The molecule has 0 bridgehead atoms. The Bertz CT molecular complexity index is 891. The number of rotatable bonds is 8. The molecule has 0 radical (unpaired) electrons. The Hall–Kier alpha value is -2.39. The minimum absolute atomic E-state index is 0.377. The van der Waals surface area contributed by atoms with Gasteiger partial charge in [-0.3, -0.25) is 9.10 Å². The summed E-state index contributed by atoms with van der Waals surface area (Å²) in [6, 6.07) is 9.36. The largest absolute Gasteiger partial charge is 0.494 e. The third-order valence-electron chi connectivity index (χ3n) is 3.70. The smallest absolute Gasteiger partial charge is 0.263 e. The van der Waals surface area contributed by atoms with Crippen molar-refractivity contribution in [1.29, 1.82) is 0 Å². The molecule has 0 saturated heterocycles. The zero-order valence-electron chi connectivity index (χ0n) is 15.7. The maximum atomic E-state index is 12.5. The molecule has 1 N–H and O–H groups in total. The van der Waals surface area contributed by atoms with E-state index in [9.17, 15) is 13.2 Å². The fraction of sp³-hybridized carbons (Fsp3) is 0.333. The first-order valence-electron chi connectivity index (χ1n) is 8.34. The molecule has 146 valence electrons. The van der Waals surface area contributed by atoms with Gasteiger partial charge in [-0.15, -0.1) is 11.3 Å². The SMILES string of the molecule is CCOc1ccc(N([C@@H](C)C(=O)N/N=C(/C)c2cccs2)S(C)(=O)=O)cc1. The van der Waals surface area contributed by atoms with Crippen molar-refractivity contribution in [1.82, 2.24) is 5.43 Å². The molecule has 9 heteroatoms. The number of anilines is 1. The molecule has 0 aliphatic rings. The average molecular weight is 410 g/mol. The van der Waals surface area contributed by atoms with Gasteiger partial charge in [0.25, 0.3) is 5.91 Å². The predicted molar refractivity (Wildman–Crippen MR) is 109 cm³/mol. The Kier molecular flexibility index (Phi) is 6.98. The zero-order valence-corrected chi connectivity index (χ0v) is 17.3. The number of ether oxygens (including phenoxy) is 1. The van der Waals surface area contributed by atoms with Crippen molar-refractivity contribution in [2.75, 3.05) is 17.2 Å². The van der Waals surface area contributed by atoms with Crippen molar-refractivity contribution < 1.29 is 17.9 Å². The molecule has 1 amide bonds. The highest BCUT2D eigenvalue weighted by Crippen LogP contribution is 2.24. The average Bonchev–Trinajstić information content (AvgIpc) is 3.14. The first kappa shape index (κ1) is 20.9. The van der Waals surface area contributed by atoms with Gasteiger partial charge in [0.2, 0.25) is 10.0 Å². The molecule has 1 aromatic carbocycles. The Morgan fingerprint density at radius 1 is 1.30 bits per heavy atom. The minimum atomic E-state index is -3.68. The van der Waals surface area contributed by atoms with Gasteiger partial charge >= 0.3 is 0 Å². The summed E-state index contributed by atoms with van der Waals surface area (Å²) in [5, 5.41) is 5.98. The van der Waals surface area contributed by atoms with Crippen LogP contribution in [0.1, 0.15) is 25.6 Å². The molecule has 2 rings (SSSR count). The number of hydrogen-bond acceptors (Lipinski definition) is 6. The lowest BCUT2D eigenvalue weighted by molar-refractivity contribution is -0.121. The lowest BCUT2D eigenvalue weighted by atomic mass is 10.2. The summed E-state index contributed by atoms with van der Waals surface area (Å²) >= 11 is 1.50. The van der Waals surface area contributed by atoms with Crippen LogP contribution in [0.4, 0.5) is 5.69 Å². The van der Waals surface area contributed by atoms with E-state index in [2.05, 4.69) is 10.5 Å². The van der Waals surface area contributed by atoms with Crippen LogP contribution in [0.3, 0.4) is 0 Å². The van der Waals surface area contributed by atoms with Crippen LogP contribution in [0.25, 0.3) is 0 Å². The van der Waals surface area contributed by atoms with E-state index < -0.39 is 22.0 Å². The quantitative estimate of drug-likeness (QED) is 0.536. The van der Waals surface area contributed by atoms with Crippen LogP contribution >= 0.6 is 11.3 Å². The number of nitrogens with one attached hydrogen (secondary N) is 1. The summed E-state index contributed by atoms with van der Waals surface area (Å²) in [5.74, 6) is 0.105. The van der Waals surface area contributed by atoms with Gasteiger partial charge in [-0.05, 0) is 56.5 Å². The lowest BCUT2D eigenvalue weighted by Crippen LogP contribution is -2.46. The Morgan fingerprint density at radius 2 is 1.96 bits per heavy atom. The van der Waals surface area contributed by atoms with Crippen LogP contribution in [0.15, 0.2) is 46.9 Å². The van der Waals surface area contributed by atoms with Crippen molar-refractivity contribution >= 4 is 38.7 Å². The number of thiophene rings is 1. The molecule has 0 aliphatic heterocycles. The van der Waals surface area contributed by atoms with E-state index in [4.69, 9.17) is 4.74 Å². The highest BCUT2D eigenvalue weighted by atomic mass is 32.2. The van der Waals surface area contributed by atoms with Crippen molar-refractivity contribution in [3.05, 3.63) is 46.7 Å². The van der Waals surface area contributed by atoms with Crippen LogP contribution < -0.4 is 14.5 Å². The second kappa shape index (κ2) is 9.01. The number of hydrogen-bond donors (Lipinski definition) is 1. The molecule has 0 aliphatic carbocycles. The second-order valence-corrected chi connectivity index (χ2v) is 8.62. The maximum Gasteiger partial charge on any atom is 0.263 e. The number of hydrazone groups is 1. The standard InChI is InChI=1S/C18H23N3O4S2/c1-5-25-16-10-8-15(9-11-16)21(27(4,23)24)14(3)18(22)20-19-13(2)17-7-6-12-26-17/h6-12,14H,5H2,1-4H3,(H,20,22)/b19-13-/t14-/m0/s1. The van der Waals surface area contributed by atoms with Crippen molar-refractivity contribution in [2.45, 2.75) is 26.8 Å². The number of nitrogens with zero attached hydrogens (tertiary/aromatic N) is 2. The topological polar surface area (TPSA) is 88.1 Å². The van der Waals surface area contributed by atoms with E-state index in [0.717, 1.165) is 15.4 Å². The molecule has 27 heavy (non-hydrogen) atoms. The zero-order chi connectivity index (χ0) is 20.0. The number of benzene rings is 1. The molecular formula is C18H23N3O4S2. The van der Waals surface area contributed by atoms with E-state index in [0.29, 0.717) is 23.8 Å². The van der Waals surface area contributed by atoms with Gasteiger partial charge in [-0.25, -0.2) is 13.8 Å². The molecule has 2 aromatic rings. The molecule has 1 aromatic heterocycles. The van der Waals surface area contributed by atoms with Crippen LogP contribution in [-0.2, 0) is 14.8 Å². The van der Waals surface area contributed by atoms with E-state index in [-0.39, 0.29) is 0 Å². The highest BCUT2D eigenvalue weighted by molar-refractivity contribution is 7.92. The first-order valence-corrected chi connectivity index (χ1v) is 11.1. The van der Waals surface area contributed by atoms with E-state index in [1.54, 1.807) is 31.2 Å². The van der Waals surface area contributed by atoms with E-state index >= 15 is 0 Å². The van der Waals surface area contributed by atoms with E-state index in [1.807, 2.05) is 24.4 Å². The van der Waals surface area contributed by atoms with Gasteiger partial charge in [-0.1, -0.05) is 6.07 Å². The van der Waals surface area contributed by atoms with Crippen LogP contribution in [0.5, 0.6) is 5.75 Å². The summed E-state index contributed by atoms with van der Waals surface area (Å²) < 4.78 is 31.0. The van der Waals surface area contributed by atoms with Gasteiger partial charge < -0.3 is 4.74 Å². The third-order valence-corrected chi connectivity index (χ3v) is 5.92. The number of carbonyl (C=O) groups excluding carboxylic acids is 1. The number of carbonyl (C=O) groups is 1.